The smallest absolute Gasteiger partial charge is 0.333 e. The first-order valence-corrected chi connectivity index (χ1v) is 46.7. The van der Waals surface area contributed by atoms with Gasteiger partial charge in [-0.25, -0.2) is 4.79 Å². The molecule has 6 amide bonds. The second-order valence-electron chi connectivity index (χ2n) is 36.6. The zero-order chi connectivity index (χ0) is 99.4. The Morgan fingerprint density at radius 2 is 1.31 bits per heavy atom. The minimum absolute atomic E-state index is 0.103. The highest BCUT2D eigenvalue weighted by Gasteiger charge is 2.54. The van der Waals surface area contributed by atoms with Gasteiger partial charge < -0.3 is 148 Å². The number of carbonyl (C=O) groups excluding carboxylic acids is 9. The number of primary amides is 1. The summed E-state index contributed by atoms with van der Waals surface area (Å²) in [5.74, 6) is -21.8. The van der Waals surface area contributed by atoms with E-state index in [1.54, 1.807) is 32.9 Å². The Hall–Kier alpha value is -10.5. The van der Waals surface area contributed by atoms with Gasteiger partial charge in [-0.1, -0.05) is 102 Å². The molecule has 0 radical (unpaired) electrons. The highest BCUT2D eigenvalue weighted by Crippen LogP contribution is 2.54. The summed E-state index contributed by atoms with van der Waals surface area (Å²) in [4.78, 5) is 138. The third kappa shape index (κ3) is 23.1. The number of amides is 6. The van der Waals surface area contributed by atoms with Gasteiger partial charge in [-0.2, -0.15) is 0 Å². The summed E-state index contributed by atoms with van der Waals surface area (Å²) in [6.07, 6.45) is -25.3. The van der Waals surface area contributed by atoms with Crippen molar-refractivity contribution in [2.45, 2.75) is 239 Å². The van der Waals surface area contributed by atoms with Crippen molar-refractivity contribution < 1.29 is 137 Å². The second-order valence-corrected chi connectivity index (χ2v) is 37.9. The molecule has 7 aromatic carbocycles. The molecule has 41 heteroatoms. The van der Waals surface area contributed by atoms with E-state index in [1.165, 1.54) is 63.2 Å². The zero-order valence-corrected chi connectivity index (χ0v) is 78.5. The molecule has 3 saturated heterocycles. The van der Waals surface area contributed by atoms with Crippen LogP contribution in [0.25, 0.3) is 22.3 Å². The SMILES string of the molecule is CC[C@H](CC(C)O)C(=O)N[C@H]1C(=O)C[C@@H](CC(N)=O)C(=O)N[C@H]2C(=O)C[C@H]3C(=O)N[C@H](C(=O)N[C@H](C(=O)OCC(=O)NCCCNCCCN)c4cc(O)cc5c4-c4cc3ccc4C5(O)O)[C@H](O[C@H]3C[C@](C)(N)[C@@H](O)[C@H](C)O3)c3ccc(c(Cl)c3)Oc3cc2cc(c3O[C@@H]2O[C@H](CO)[C@@H](O)[C@H](O)[C@H]2O[C@H]2C[C@](C)(NCc3ccc(-c4ccc(Cl)cc4)cc3)[C@@H](O)[C@H](C)O2)Oc2ccc(cc2Cl)[C@H]1O. The average molecular weight is 1980 g/mol. The van der Waals surface area contributed by atoms with Crippen LogP contribution >= 0.6 is 34.8 Å². The van der Waals surface area contributed by atoms with Gasteiger partial charge in [0, 0.05) is 78.3 Å². The van der Waals surface area contributed by atoms with Gasteiger partial charge in [0.15, 0.2) is 54.4 Å². The Bertz CT molecular complexity index is 5690. The predicted molar refractivity (Wildman–Crippen MR) is 495 cm³/mol. The normalized spacial score (nSPS) is 28.9. The zero-order valence-electron chi connectivity index (χ0n) is 76.2. The molecular formula is C97H115Cl3N10O28. The first-order chi connectivity index (χ1) is 65.5. The predicted octanol–water partition coefficient (Wildman–Crippen LogP) is 4.63. The molecule has 0 spiro atoms. The summed E-state index contributed by atoms with van der Waals surface area (Å²) < 4.78 is 59.3. The third-order valence-electron chi connectivity index (χ3n) is 26.2. The Balaban J connectivity index is 0.956. The fourth-order valence-corrected chi connectivity index (χ4v) is 19.1. The van der Waals surface area contributed by atoms with Crippen molar-refractivity contribution in [2.75, 3.05) is 39.4 Å². The van der Waals surface area contributed by atoms with Crippen molar-refractivity contribution >= 4 is 87.8 Å². The van der Waals surface area contributed by atoms with Crippen LogP contribution in [0.3, 0.4) is 0 Å². The topological polar surface area (TPSA) is 601 Å². The molecule has 38 nitrogen and oxygen atoms in total. The first kappa shape index (κ1) is 103. The van der Waals surface area contributed by atoms with E-state index in [2.05, 4.69) is 37.2 Å². The van der Waals surface area contributed by atoms with Crippen LogP contribution in [0, 0.1) is 11.8 Å². The fraction of sp³-hybridized carbons (Fsp3) is 0.474. The van der Waals surface area contributed by atoms with E-state index in [9.17, 15) is 65.4 Å². The van der Waals surface area contributed by atoms with Crippen LogP contribution in [0.5, 0.6) is 34.5 Å². The van der Waals surface area contributed by atoms with Gasteiger partial charge in [0.1, 0.15) is 65.9 Å². The number of nitrogens with two attached hydrogens (primary N) is 3. The van der Waals surface area contributed by atoms with Crippen LogP contribution in [0.2, 0.25) is 15.1 Å². The minimum atomic E-state index is -3.09. The second kappa shape index (κ2) is 43.7. The van der Waals surface area contributed by atoms with Crippen LogP contribution in [0.4, 0.5) is 0 Å². The molecule has 138 heavy (non-hydrogen) atoms. The van der Waals surface area contributed by atoms with Gasteiger partial charge in [0.05, 0.1) is 59.0 Å². The van der Waals surface area contributed by atoms with E-state index in [0.717, 1.165) is 53.1 Å². The summed E-state index contributed by atoms with van der Waals surface area (Å²) in [7, 11) is 0. The lowest BCUT2D eigenvalue weighted by Gasteiger charge is -2.48. The van der Waals surface area contributed by atoms with E-state index in [0.29, 0.717) is 37.5 Å². The third-order valence-corrected chi connectivity index (χ3v) is 27.0. The monoisotopic (exact) mass is 1970 g/mol. The lowest BCUT2D eigenvalue weighted by atomic mass is 9.84. The first-order valence-electron chi connectivity index (χ1n) is 45.6. The van der Waals surface area contributed by atoms with Gasteiger partial charge in [0.2, 0.25) is 47.4 Å². The van der Waals surface area contributed by atoms with Crippen LogP contribution < -0.4 is 68.6 Å². The van der Waals surface area contributed by atoms with E-state index < -0.39 is 281 Å². The van der Waals surface area contributed by atoms with Gasteiger partial charge in [-0.15, -0.1) is 0 Å². The summed E-state index contributed by atoms with van der Waals surface area (Å²) in [6, 6.07) is 21.4. The number of aliphatic hydroxyl groups is 9. The van der Waals surface area contributed by atoms with Crippen molar-refractivity contribution in [2.24, 2.45) is 29.0 Å². The highest BCUT2D eigenvalue weighted by atomic mass is 35.5. The molecule has 7 aromatic rings. The average Bonchev–Trinajstić information content (AvgIpc) is 1.55. The molecule has 23 N–H and O–H groups in total. The summed E-state index contributed by atoms with van der Waals surface area (Å²) in [5.41, 5.74) is 15.6. The molecule has 0 saturated carbocycles. The molecule has 9 aliphatic rings. The number of aromatic hydroxyl groups is 1. The van der Waals surface area contributed by atoms with Gasteiger partial charge in [0.25, 0.3) is 5.91 Å². The molecular weight excluding hydrogens is 1860 g/mol. The number of hydrogen-bond acceptors (Lipinski definition) is 32. The number of fused-ring (bicyclic) bond motifs is 12. The van der Waals surface area contributed by atoms with Crippen LogP contribution in [-0.2, 0) is 83.9 Å². The molecule has 742 valence electrons. The number of Topliss-reactive ketones (excluding diaryl/α,β-unsaturated/α-hetero) is 2. The number of phenolic OH excluding ortho intramolecular Hbond substituents is 1. The quantitative estimate of drug-likeness (QED) is 0.0181. The maximum absolute atomic E-state index is 17.0. The van der Waals surface area contributed by atoms with Crippen molar-refractivity contribution in [1.82, 2.24) is 37.2 Å². The lowest BCUT2D eigenvalue weighted by Crippen LogP contribution is -2.65. The van der Waals surface area contributed by atoms with E-state index in [-0.39, 0.29) is 82.9 Å². The van der Waals surface area contributed by atoms with Crippen LogP contribution in [-0.4, -0.2) is 240 Å². The maximum Gasteiger partial charge on any atom is 0.333 e. The Kier molecular flexibility index (Phi) is 32.8. The largest absolute Gasteiger partial charge is 0.508 e. The molecule has 8 heterocycles. The molecule has 23 atom stereocenters. The number of benzene rings is 7. The molecule has 1 aliphatic carbocycles. The number of hydrogen-bond donors (Lipinski definition) is 20. The van der Waals surface area contributed by atoms with E-state index >= 15 is 28.8 Å². The number of ether oxygens (including phenoxy) is 9. The molecule has 3 fully saturated rings. The number of esters is 1. The highest BCUT2D eigenvalue weighted by molar-refractivity contribution is 6.32. The van der Waals surface area contributed by atoms with Crippen LogP contribution in [0.1, 0.15) is 174 Å². The van der Waals surface area contributed by atoms with Crippen molar-refractivity contribution in [3.8, 4) is 56.8 Å². The molecule has 8 aliphatic heterocycles. The molecule has 0 aromatic heterocycles. The Morgan fingerprint density at radius 1 is 0.674 bits per heavy atom. The molecule has 11 bridgehead atoms. The Labute approximate surface area is 808 Å². The van der Waals surface area contributed by atoms with Gasteiger partial charge >= 0.3 is 5.97 Å². The number of phenols is 1. The van der Waals surface area contributed by atoms with E-state index in [4.69, 9.17) is 94.6 Å². The van der Waals surface area contributed by atoms with Crippen molar-refractivity contribution in [3.05, 3.63) is 187 Å². The number of rotatable bonds is 28. The summed E-state index contributed by atoms with van der Waals surface area (Å²) >= 11 is 21.1. The maximum atomic E-state index is 17.0. The van der Waals surface area contributed by atoms with E-state index in [1.807, 2.05) is 36.4 Å². The van der Waals surface area contributed by atoms with Crippen LogP contribution in [0.15, 0.2) is 127 Å². The van der Waals surface area contributed by atoms with Crippen molar-refractivity contribution in [3.63, 3.8) is 0 Å². The standard InChI is InChI=1S/C97H115Cl3N10O28/c1-7-48(28-44(2)112)89(123)109-79-65(114)32-55(35-72(102)116)90(124)107-77-54-33-69(133-67-22-17-52(81(79)118)30-63(67)99)85(138-94-86(83(120)82(119)71(42-111)135-94)137-75-40-96(6,88(122)46(4)132-75)106-41-47-10-12-49(13-11-47)50-14-19-56(98)20-15-50)70(34-54)134-68-23-18-53(31-64(68)100)84(136-74-39-95(5,103)87(121)45(3)131-74)80-92(126)108-78(93(127)130-43-73(117)105-27-9-26-104-25-8-24-101)60-36-57(113)37-62-76(60)59-29-51(16-21-61(59)97(62,128)129)58(38-66(77)115)91(125)110-80/h10-23,29-31,33-34,36-37,44-46,48,55,58,71,74-75,77-84,86-88,94,104,106,111-113,118-122,128-129H,7-9,24-28,32,35,38-43,101,103H2,1-6H3,(H2,102,116)(H,105,117)(H,107,124)(H,108,126)(H,109,123)(H,110,125)/t44?,45-,46-,48+,55-,58+,71+,74-,75-,77+,78-,79-,80-,81+,82+,83-,84+,86+,87-,88-,94-,95-,96-/m0/s1. The number of ketones is 2. The lowest BCUT2D eigenvalue weighted by molar-refractivity contribution is -0.334. The Morgan fingerprint density at radius 3 is 1.95 bits per heavy atom. The minimum Gasteiger partial charge on any atom is -0.508 e. The summed E-state index contributed by atoms with van der Waals surface area (Å²) in [5, 5.41) is 138. The van der Waals surface area contributed by atoms with Gasteiger partial charge in [-0.05, 0) is 202 Å². The van der Waals surface area contributed by atoms with Crippen molar-refractivity contribution in [1.29, 1.82) is 0 Å². The van der Waals surface area contributed by atoms with Gasteiger partial charge in [-0.3, -0.25) is 38.4 Å². The number of halogens is 3. The number of nitrogens with one attached hydrogen (secondary N) is 7. The molecule has 16 rings (SSSR count). The fourth-order valence-electron chi connectivity index (χ4n) is 18.6. The summed E-state index contributed by atoms with van der Waals surface area (Å²) in [6.45, 7) is 9.18. The number of carbonyl (C=O) groups is 9. The molecule has 1 unspecified atom stereocenters. The number of aliphatic hydroxyl groups excluding tert-OH is 7.